The Morgan fingerprint density at radius 2 is 1.86 bits per heavy atom. The SMILES string of the molecule is NC(=S)c1ncccc1Nc1ccc2cc(Br)ccc2c1. The molecule has 0 saturated carbocycles. The molecule has 0 fully saturated rings. The summed E-state index contributed by atoms with van der Waals surface area (Å²) in [7, 11) is 0. The number of hydrogen-bond acceptors (Lipinski definition) is 3. The molecule has 104 valence electrons. The Bertz CT molecular complexity index is 833. The molecule has 2 aromatic carbocycles. The minimum absolute atomic E-state index is 0.280. The van der Waals surface area contributed by atoms with Crippen molar-refractivity contribution in [2.75, 3.05) is 5.32 Å². The highest BCUT2D eigenvalue weighted by Gasteiger charge is 2.06. The van der Waals surface area contributed by atoms with Crippen LogP contribution in [0.1, 0.15) is 5.69 Å². The number of rotatable bonds is 3. The van der Waals surface area contributed by atoms with Crippen molar-refractivity contribution in [1.82, 2.24) is 4.98 Å². The number of pyridine rings is 1. The van der Waals surface area contributed by atoms with Gasteiger partial charge in [0.15, 0.2) is 0 Å². The molecule has 1 aromatic heterocycles. The molecule has 3 nitrogen and oxygen atoms in total. The van der Waals surface area contributed by atoms with Crippen LogP contribution in [0.5, 0.6) is 0 Å². The summed E-state index contributed by atoms with van der Waals surface area (Å²) in [4.78, 5) is 4.49. The fourth-order valence-electron chi connectivity index (χ4n) is 2.15. The molecule has 3 rings (SSSR count). The Hall–Kier alpha value is -1.98. The smallest absolute Gasteiger partial charge is 0.124 e. The van der Waals surface area contributed by atoms with Crippen LogP contribution in [0, 0.1) is 0 Å². The average Bonchev–Trinajstić information content (AvgIpc) is 2.48. The summed E-state index contributed by atoms with van der Waals surface area (Å²) in [5.74, 6) is 0. The molecular formula is C16H12BrN3S. The predicted octanol–water partition coefficient (Wildman–Crippen LogP) is 4.38. The molecule has 0 unspecified atom stereocenters. The number of nitrogens with two attached hydrogens (primary N) is 1. The second-order valence-corrected chi connectivity index (χ2v) is 5.95. The first kappa shape index (κ1) is 14.0. The predicted molar refractivity (Wildman–Crippen MR) is 95.1 cm³/mol. The minimum atomic E-state index is 0.280. The van der Waals surface area contributed by atoms with Gasteiger partial charge in [0.05, 0.1) is 5.69 Å². The van der Waals surface area contributed by atoms with E-state index in [0.29, 0.717) is 5.69 Å². The second kappa shape index (κ2) is 5.79. The number of benzene rings is 2. The van der Waals surface area contributed by atoms with E-state index in [2.05, 4.69) is 50.5 Å². The van der Waals surface area contributed by atoms with Gasteiger partial charge >= 0.3 is 0 Å². The maximum atomic E-state index is 5.70. The number of anilines is 2. The third kappa shape index (κ3) is 3.04. The summed E-state index contributed by atoms with van der Waals surface area (Å²) in [6.07, 6.45) is 1.68. The van der Waals surface area contributed by atoms with Crippen LogP contribution in [-0.4, -0.2) is 9.97 Å². The molecular weight excluding hydrogens is 346 g/mol. The number of thiocarbonyl (C=S) groups is 1. The summed E-state index contributed by atoms with van der Waals surface area (Å²) in [6.45, 7) is 0. The highest BCUT2D eigenvalue weighted by atomic mass is 79.9. The Kier molecular flexibility index (Phi) is 3.86. The third-order valence-electron chi connectivity index (χ3n) is 3.12. The summed E-state index contributed by atoms with van der Waals surface area (Å²) in [5.41, 5.74) is 8.07. The first-order valence-electron chi connectivity index (χ1n) is 6.34. The lowest BCUT2D eigenvalue weighted by atomic mass is 10.1. The van der Waals surface area contributed by atoms with Crippen molar-refractivity contribution >= 4 is 55.3 Å². The number of aromatic nitrogens is 1. The van der Waals surface area contributed by atoms with Gasteiger partial charge in [-0.05, 0) is 47.2 Å². The lowest BCUT2D eigenvalue weighted by molar-refractivity contribution is 1.29. The van der Waals surface area contributed by atoms with Crippen LogP contribution >= 0.6 is 28.1 Å². The van der Waals surface area contributed by atoms with E-state index in [9.17, 15) is 0 Å². The molecule has 1 heterocycles. The molecule has 3 N–H and O–H groups in total. The number of nitrogens with zero attached hydrogens (tertiary/aromatic N) is 1. The van der Waals surface area contributed by atoms with Crippen molar-refractivity contribution in [2.45, 2.75) is 0 Å². The van der Waals surface area contributed by atoms with Crippen LogP contribution in [0.2, 0.25) is 0 Å². The zero-order valence-corrected chi connectivity index (χ0v) is 13.4. The monoisotopic (exact) mass is 357 g/mol. The largest absolute Gasteiger partial charge is 0.388 e. The van der Waals surface area contributed by atoms with E-state index in [0.717, 1.165) is 21.2 Å². The highest BCUT2D eigenvalue weighted by molar-refractivity contribution is 9.10. The molecule has 0 radical (unpaired) electrons. The van der Waals surface area contributed by atoms with Crippen LogP contribution in [0.15, 0.2) is 59.2 Å². The van der Waals surface area contributed by atoms with E-state index < -0.39 is 0 Å². The van der Waals surface area contributed by atoms with Gasteiger partial charge in [0.25, 0.3) is 0 Å². The van der Waals surface area contributed by atoms with E-state index in [1.807, 2.05) is 24.3 Å². The van der Waals surface area contributed by atoms with Gasteiger partial charge in [-0.15, -0.1) is 0 Å². The molecule has 5 heteroatoms. The van der Waals surface area contributed by atoms with Gasteiger partial charge in [0.1, 0.15) is 10.7 Å². The normalized spacial score (nSPS) is 10.5. The van der Waals surface area contributed by atoms with Crippen molar-refractivity contribution in [1.29, 1.82) is 0 Å². The van der Waals surface area contributed by atoms with Gasteiger partial charge < -0.3 is 11.1 Å². The number of nitrogens with one attached hydrogen (secondary N) is 1. The molecule has 21 heavy (non-hydrogen) atoms. The Labute approximate surface area is 136 Å². The number of hydrogen-bond donors (Lipinski definition) is 2. The van der Waals surface area contributed by atoms with E-state index >= 15 is 0 Å². The molecule has 0 spiro atoms. The van der Waals surface area contributed by atoms with Crippen LogP contribution in [-0.2, 0) is 0 Å². The molecule has 0 aliphatic carbocycles. The van der Waals surface area contributed by atoms with Crippen molar-refractivity contribution < 1.29 is 0 Å². The molecule has 3 aromatic rings. The van der Waals surface area contributed by atoms with E-state index in [4.69, 9.17) is 18.0 Å². The average molecular weight is 358 g/mol. The molecule has 0 atom stereocenters. The Morgan fingerprint density at radius 1 is 1.10 bits per heavy atom. The van der Waals surface area contributed by atoms with Crippen molar-refractivity contribution in [3.8, 4) is 0 Å². The van der Waals surface area contributed by atoms with E-state index in [1.165, 1.54) is 5.39 Å². The van der Waals surface area contributed by atoms with E-state index in [-0.39, 0.29) is 4.99 Å². The zero-order chi connectivity index (χ0) is 14.8. The first-order valence-corrected chi connectivity index (χ1v) is 7.55. The topological polar surface area (TPSA) is 50.9 Å². The number of halogens is 1. The Balaban J connectivity index is 1.99. The Morgan fingerprint density at radius 3 is 2.67 bits per heavy atom. The standard InChI is InChI=1S/C16H12BrN3S/c17-12-5-3-11-9-13(6-4-10(11)8-12)20-14-2-1-7-19-15(14)16(18)21/h1-9,20H,(H2,18,21). The third-order valence-corrected chi connectivity index (χ3v) is 3.81. The molecule has 0 aliphatic rings. The summed E-state index contributed by atoms with van der Waals surface area (Å²) >= 11 is 8.51. The van der Waals surface area contributed by atoms with Gasteiger partial charge in [-0.2, -0.15) is 0 Å². The molecule has 0 amide bonds. The summed E-state index contributed by atoms with van der Waals surface area (Å²) in [6, 6.07) is 16.1. The second-order valence-electron chi connectivity index (χ2n) is 4.60. The molecule has 0 bridgehead atoms. The highest BCUT2D eigenvalue weighted by Crippen LogP contribution is 2.25. The van der Waals surface area contributed by atoms with E-state index in [1.54, 1.807) is 6.20 Å². The summed E-state index contributed by atoms with van der Waals surface area (Å²) in [5, 5.41) is 5.65. The van der Waals surface area contributed by atoms with Crippen molar-refractivity contribution in [3.05, 3.63) is 64.9 Å². The van der Waals surface area contributed by atoms with Crippen molar-refractivity contribution in [3.63, 3.8) is 0 Å². The van der Waals surface area contributed by atoms with Crippen molar-refractivity contribution in [2.24, 2.45) is 5.73 Å². The maximum absolute atomic E-state index is 5.70. The van der Waals surface area contributed by atoms with Gasteiger partial charge in [0, 0.05) is 16.4 Å². The van der Waals surface area contributed by atoms with Crippen LogP contribution in [0.25, 0.3) is 10.8 Å². The van der Waals surface area contributed by atoms with Gasteiger partial charge in [0.2, 0.25) is 0 Å². The minimum Gasteiger partial charge on any atom is -0.388 e. The zero-order valence-electron chi connectivity index (χ0n) is 11.0. The maximum Gasteiger partial charge on any atom is 0.124 e. The van der Waals surface area contributed by atoms with Crippen LogP contribution in [0.3, 0.4) is 0 Å². The van der Waals surface area contributed by atoms with Crippen LogP contribution in [0.4, 0.5) is 11.4 Å². The molecule has 0 saturated heterocycles. The number of fused-ring (bicyclic) bond motifs is 1. The van der Waals surface area contributed by atoms with Gasteiger partial charge in [-0.1, -0.05) is 40.3 Å². The molecule has 0 aliphatic heterocycles. The summed E-state index contributed by atoms with van der Waals surface area (Å²) < 4.78 is 1.07. The fraction of sp³-hybridized carbons (Fsp3) is 0. The fourth-order valence-corrected chi connectivity index (χ4v) is 2.69. The van der Waals surface area contributed by atoms with Crippen LogP contribution < -0.4 is 11.1 Å². The van der Waals surface area contributed by atoms with Gasteiger partial charge in [-0.3, -0.25) is 4.98 Å². The quantitative estimate of drug-likeness (QED) is 0.683. The van der Waals surface area contributed by atoms with Gasteiger partial charge in [-0.25, -0.2) is 0 Å². The lowest BCUT2D eigenvalue weighted by Crippen LogP contribution is -2.13. The lowest BCUT2D eigenvalue weighted by Gasteiger charge is -2.11. The first-order chi connectivity index (χ1) is 10.1.